The number of aliphatic carboxylic acids is 1. The minimum absolute atomic E-state index is 0.0255. The molecule has 5 heteroatoms. The summed E-state index contributed by atoms with van der Waals surface area (Å²) in [5.74, 6) is -1.59. The molecule has 0 rings (SSSR count). The highest BCUT2D eigenvalue weighted by Crippen LogP contribution is 1.85. The molecule has 5 nitrogen and oxygen atoms in total. The molecule has 0 atom stereocenters. The average molecular weight is 204 g/mol. The van der Waals surface area contributed by atoms with Gasteiger partial charge in [-0.25, -0.2) is 0 Å². The second-order valence-corrected chi connectivity index (χ2v) is 2.93. The summed E-state index contributed by atoms with van der Waals surface area (Å²) in [4.78, 5) is 29.5. The Hall–Kier alpha value is -1.39. The van der Waals surface area contributed by atoms with Crippen LogP contribution in [-0.4, -0.2) is 28.9 Å². The lowest BCUT2D eigenvalue weighted by Gasteiger charge is -2.01. The number of rotatable bonds is 3. The van der Waals surface area contributed by atoms with Gasteiger partial charge in [-0.2, -0.15) is 0 Å². The summed E-state index contributed by atoms with van der Waals surface area (Å²) in [7, 11) is 0. The summed E-state index contributed by atoms with van der Waals surface area (Å²) in [6.07, 6.45) is -0.336. The summed E-state index contributed by atoms with van der Waals surface area (Å²) in [5.41, 5.74) is 0. The highest BCUT2D eigenvalue weighted by Gasteiger charge is 1.98. The molecule has 0 aliphatic heterocycles. The highest BCUT2D eigenvalue weighted by molar-refractivity contribution is 5.93. The molecule has 0 fully saturated rings. The quantitative estimate of drug-likeness (QED) is 0.548. The fourth-order valence-electron chi connectivity index (χ4n) is 0.545. The monoisotopic (exact) mass is 204 g/mol. The van der Waals surface area contributed by atoms with E-state index in [0.717, 1.165) is 0 Å². The average Bonchev–Trinajstić information content (AvgIpc) is 1.79. The first-order valence-electron chi connectivity index (χ1n) is 4.14. The van der Waals surface area contributed by atoms with E-state index in [2.05, 4.69) is 4.74 Å². The summed E-state index contributed by atoms with van der Waals surface area (Å²) >= 11 is 0. The first-order chi connectivity index (χ1) is 6.25. The van der Waals surface area contributed by atoms with Crippen LogP contribution in [0.25, 0.3) is 0 Å². The number of carbonyl (C=O) groups is 3. The van der Waals surface area contributed by atoms with Gasteiger partial charge in [0.2, 0.25) is 0 Å². The number of Topliss-reactive ketones (excluding diaryl/α,β-unsaturated/α-hetero) is 1. The topological polar surface area (TPSA) is 80.7 Å². The number of carbonyl (C=O) groups excluding carboxylic acids is 2. The van der Waals surface area contributed by atoms with E-state index in [1.807, 2.05) is 13.8 Å². The molecular formula is C9H16O5. The predicted octanol–water partition coefficient (Wildman–Crippen LogP) is 1.01. The van der Waals surface area contributed by atoms with Gasteiger partial charge in [-0.1, -0.05) is 0 Å². The molecule has 0 aromatic heterocycles. The van der Waals surface area contributed by atoms with Crippen LogP contribution in [-0.2, 0) is 19.1 Å². The van der Waals surface area contributed by atoms with Crippen LogP contribution in [0.3, 0.4) is 0 Å². The Kier molecular flexibility index (Phi) is 8.86. The van der Waals surface area contributed by atoms with Crippen molar-refractivity contribution in [1.29, 1.82) is 0 Å². The Morgan fingerprint density at radius 3 is 1.64 bits per heavy atom. The van der Waals surface area contributed by atoms with Crippen molar-refractivity contribution in [2.24, 2.45) is 0 Å². The van der Waals surface area contributed by atoms with Crippen molar-refractivity contribution < 1.29 is 24.2 Å². The second-order valence-electron chi connectivity index (χ2n) is 2.93. The Balaban J connectivity index is 0. The van der Waals surface area contributed by atoms with Crippen LogP contribution in [0.15, 0.2) is 0 Å². The highest BCUT2D eigenvalue weighted by atomic mass is 16.5. The van der Waals surface area contributed by atoms with Gasteiger partial charge in [-0.15, -0.1) is 0 Å². The van der Waals surface area contributed by atoms with Gasteiger partial charge in [0.1, 0.15) is 12.2 Å². The number of hydrogen-bond acceptors (Lipinski definition) is 4. The molecule has 0 heterocycles. The minimum Gasteiger partial charge on any atom is -0.481 e. The van der Waals surface area contributed by atoms with Crippen LogP contribution in [0.4, 0.5) is 0 Å². The fraction of sp³-hybridized carbons (Fsp3) is 0.667. The predicted molar refractivity (Wildman–Crippen MR) is 49.8 cm³/mol. The van der Waals surface area contributed by atoms with Gasteiger partial charge in [-0.3, -0.25) is 14.4 Å². The van der Waals surface area contributed by atoms with Crippen LogP contribution >= 0.6 is 0 Å². The number of ketones is 1. The van der Waals surface area contributed by atoms with Gasteiger partial charge in [0, 0.05) is 6.92 Å². The van der Waals surface area contributed by atoms with Crippen LogP contribution in [0.5, 0.6) is 0 Å². The number of hydrogen-bond donors (Lipinski definition) is 1. The zero-order chi connectivity index (χ0) is 11.7. The van der Waals surface area contributed by atoms with Gasteiger partial charge in [0.15, 0.2) is 0 Å². The van der Waals surface area contributed by atoms with E-state index in [1.165, 1.54) is 13.8 Å². The van der Waals surface area contributed by atoms with E-state index in [-0.39, 0.29) is 24.3 Å². The van der Waals surface area contributed by atoms with Crippen LogP contribution < -0.4 is 0 Å². The number of carboxylic acid groups (broad SMARTS) is 1. The molecule has 0 aromatic rings. The molecule has 0 aliphatic carbocycles. The summed E-state index contributed by atoms with van der Waals surface area (Å²) < 4.78 is 4.61. The van der Waals surface area contributed by atoms with Crippen molar-refractivity contribution >= 4 is 17.7 Å². The van der Waals surface area contributed by atoms with Gasteiger partial charge in [-0.05, 0) is 20.8 Å². The fourth-order valence-corrected chi connectivity index (χ4v) is 0.545. The maximum Gasteiger partial charge on any atom is 0.310 e. The largest absolute Gasteiger partial charge is 0.481 e. The number of ether oxygens (including phenoxy) is 1. The molecule has 0 amide bonds. The maximum atomic E-state index is 10.0. The number of esters is 1. The van der Waals surface area contributed by atoms with Crippen molar-refractivity contribution in [3.8, 4) is 0 Å². The lowest BCUT2D eigenvalue weighted by molar-refractivity contribution is -0.144. The Bertz CT molecular complexity index is 195. The standard InChI is InChI=1S/C5H10O2.C4H6O3/c1-4(2)7-5(3)6;1-3(5)2-4(6)7/h4H,1-3H3;2H2,1H3,(H,6,7). The lowest BCUT2D eigenvalue weighted by Crippen LogP contribution is -2.06. The maximum absolute atomic E-state index is 10.0. The lowest BCUT2D eigenvalue weighted by atomic mass is 10.3. The zero-order valence-electron chi connectivity index (χ0n) is 8.86. The number of carboxylic acids is 1. The Morgan fingerprint density at radius 1 is 1.21 bits per heavy atom. The molecule has 82 valence electrons. The first-order valence-corrected chi connectivity index (χ1v) is 4.14. The molecular weight excluding hydrogens is 188 g/mol. The molecule has 0 unspecified atom stereocenters. The van der Waals surface area contributed by atoms with E-state index in [0.29, 0.717) is 0 Å². The SMILES string of the molecule is CC(=O)CC(=O)O.CC(=O)OC(C)C. The molecule has 0 bridgehead atoms. The van der Waals surface area contributed by atoms with Crippen LogP contribution in [0, 0.1) is 0 Å². The van der Waals surface area contributed by atoms with E-state index in [9.17, 15) is 14.4 Å². The minimum atomic E-state index is -1.06. The molecule has 0 saturated carbocycles. The summed E-state index contributed by atoms with van der Waals surface area (Å²) in [6.45, 7) is 6.29. The van der Waals surface area contributed by atoms with Crippen molar-refractivity contribution in [3.05, 3.63) is 0 Å². The van der Waals surface area contributed by atoms with E-state index >= 15 is 0 Å². The van der Waals surface area contributed by atoms with Gasteiger partial charge >= 0.3 is 11.9 Å². The van der Waals surface area contributed by atoms with Crippen molar-refractivity contribution in [3.63, 3.8) is 0 Å². The van der Waals surface area contributed by atoms with Crippen molar-refractivity contribution in [2.45, 2.75) is 40.2 Å². The third-order valence-electron chi connectivity index (χ3n) is 0.802. The van der Waals surface area contributed by atoms with Crippen molar-refractivity contribution in [1.82, 2.24) is 0 Å². The third kappa shape index (κ3) is 22.4. The summed E-state index contributed by atoms with van der Waals surface area (Å²) in [5, 5.41) is 7.86. The van der Waals surface area contributed by atoms with Crippen molar-refractivity contribution in [2.75, 3.05) is 0 Å². The van der Waals surface area contributed by atoms with Crippen LogP contribution in [0.2, 0.25) is 0 Å². The second kappa shape index (κ2) is 8.22. The molecule has 1 N–H and O–H groups in total. The van der Waals surface area contributed by atoms with E-state index in [4.69, 9.17) is 5.11 Å². The zero-order valence-corrected chi connectivity index (χ0v) is 8.86. The van der Waals surface area contributed by atoms with E-state index < -0.39 is 5.97 Å². The third-order valence-corrected chi connectivity index (χ3v) is 0.802. The molecule has 0 spiro atoms. The van der Waals surface area contributed by atoms with Crippen LogP contribution in [0.1, 0.15) is 34.1 Å². The Labute approximate surface area is 83.1 Å². The first kappa shape index (κ1) is 15.1. The smallest absolute Gasteiger partial charge is 0.310 e. The van der Waals surface area contributed by atoms with Gasteiger partial charge < -0.3 is 9.84 Å². The molecule has 0 radical (unpaired) electrons. The molecule has 0 aromatic carbocycles. The van der Waals surface area contributed by atoms with Gasteiger partial charge in [0.05, 0.1) is 6.10 Å². The summed E-state index contributed by atoms with van der Waals surface area (Å²) in [6, 6.07) is 0. The molecule has 0 aliphatic rings. The molecule has 0 saturated heterocycles. The normalized spacial score (nSPS) is 8.64. The Morgan fingerprint density at radius 2 is 1.64 bits per heavy atom. The molecule has 14 heavy (non-hydrogen) atoms. The van der Waals surface area contributed by atoms with E-state index in [1.54, 1.807) is 0 Å². The van der Waals surface area contributed by atoms with Gasteiger partial charge in [0.25, 0.3) is 0 Å².